The number of anilines is 1. The van der Waals surface area contributed by atoms with Crippen LogP contribution in [0.25, 0.3) is 0 Å². The van der Waals surface area contributed by atoms with Crippen molar-refractivity contribution >= 4 is 11.6 Å². The zero-order valence-corrected chi connectivity index (χ0v) is 10.0. The summed E-state index contributed by atoms with van der Waals surface area (Å²) in [6, 6.07) is 3.71. The van der Waals surface area contributed by atoms with Crippen molar-refractivity contribution in [1.29, 1.82) is 0 Å². The van der Waals surface area contributed by atoms with E-state index < -0.39 is 11.6 Å². The van der Waals surface area contributed by atoms with Crippen molar-refractivity contribution in [3.8, 4) is 0 Å². The number of rotatable bonds is 4. The lowest BCUT2D eigenvalue weighted by Gasteiger charge is -2.11. The van der Waals surface area contributed by atoms with E-state index in [9.17, 15) is 13.6 Å². The van der Waals surface area contributed by atoms with Crippen molar-refractivity contribution in [2.75, 3.05) is 11.9 Å². The van der Waals surface area contributed by atoms with Crippen LogP contribution < -0.4 is 10.6 Å². The standard InChI is InChI=1S/C13H16F2N2O/c14-11-6-5-10(7-12(11)15)17-13(18)8-16-9-3-1-2-4-9/h5-7,9,16H,1-4,8H2,(H,17,18). The molecule has 2 N–H and O–H groups in total. The highest BCUT2D eigenvalue weighted by atomic mass is 19.2. The molecule has 1 fully saturated rings. The Balaban J connectivity index is 1.80. The number of nitrogens with one attached hydrogen (secondary N) is 2. The van der Waals surface area contributed by atoms with Gasteiger partial charge in [-0.3, -0.25) is 4.79 Å². The summed E-state index contributed by atoms with van der Waals surface area (Å²) in [6.45, 7) is 0.198. The van der Waals surface area contributed by atoms with Crippen molar-refractivity contribution in [3.63, 3.8) is 0 Å². The summed E-state index contributed by atoms with van der Waals surface area (Å²) in [5, 5.41) is 5.67. The van der Waals surface area contributed by atoms with E-state index in [0.717, 1.165) is 25.0 Å². The average molecular weight is 254 g/mol. The van der Waals surface area contributed by atoms with Crippen LogP contribution in [-0.4, -0.2) is 18.5 Å². The third-order valence-corrected chi connectivity index (χ3v) is 3.11. The molecular formula is C13H16F2N2O. The van der Waals surface area contributed by atoms with E-state index >= 15 is 0 Å². The molecule has 1 aliphatic carbocycles. The molecule has 1 aromatic carbocycles. The Bertz CT molecular complexity index is 431. The summed E-state index contributed by atoms with van der Waals surface area (Å²) in [4.78, 5) is 11.6. The van der Waals surface area contributed by atoms with Crippen LogP contribution in [-0.2, 0) is 4.79 Å². The molecule has 98 valence electrons. The summed E-state index contributed by atoms with van der Waals surface area (Å²) in [5.74, 6) is -2.12. The number of benzene rings is 1. The highest BCUT2D eigenvalue weighted by molar-refractivity contribution is 5.92. The van der Waals surface area contributed by atoms with Crippen molar-refractivity contribution in [2.24, 2.45) is 0 Å². The van der Waals surface area contributed by atoms with E-state index in [-0.39, 0.29) is 18.1 Å². The van der Waals surface area contributed by atoms with E-state index in [0.29, 0.717) is 6.04 Å². The third-order valence-electron chi connectivity index (χ3n) is 3.11. The second-order valence-electron chi connectivity index (χ2n) is 4.54. The summed E-state index contributed by atoms with van der Waals surface area (Å²) < 4.78 is 25.6. The van der Waals surface area contributed by atoms with Crippen LogP contribution in [0.1, 0.15) is 25.7 Å². The summed E-state index contributed by atoms with van der Waals surface area (Å²) in [6.07, 6.45) is 4.59. The van der Waals surface area contributed by atoms with Gasteiger partial charge in [0.05, 0.1) is 6.54 Å². The van der Waals surface area contributed by atoms with E-state index in [4.69, 9.17) is 0 Å². The maximum Gasteiger partial charge on any atom is 0.238 e. The molecule has 3 nitrogen and oxygen atoms in total. The minimum atomic E-state index is -0.962. The second kappa shape index (κ2) is 5.91. The van der Waals surface area contributed by atoms with Gasteiger partial charge < -0.3 is 10.6 Å². The quantitative estimate of drug-likeness (QED) is 0.866. The molecule has 0 radical (unpaired) electrons. The summed E-state index contributed by atoms with van der Waals surface area (Å²) in [7, 11) is 0. The Morgan fingerprint density at radius 3 is 2.61 bits per heavy atom. The van der Waals surface area contributed by atoms with Crippen LogP contribution in [0.4, 0.5) is 14.5 Å². The van der Waals surface area contributed by atoms with Crippen molar-refractivity contribution < 1.29 is 13.6 Å². The van der Waals surface area contributed by atoms with Crippen molar-refractivity contribution in [2.45, 2.75) is 31.7 Å². The minimum Gasteiger partial charge on any atom is -0.325 e. The number of hydrogen-bond acceptors (Lipinski definition) is 2. The molecule has 0 unspecified atom stereocenters. The highest BCUT2D eigenvalue weighted by Gasteiger charge is 2.15. The molecule has 0 atom stereocenters. The van der Waals surface area contributed by atoms with Crippen molar-refractivity contribution in [3.05, 3.63) is 29.8 Å². The van der Waals surface area contributed by atoms with Gasteiger partial charge in [0.25, 0.3) is 0 Å². The third kappa shape index (κ3) is 3.50. The van der Waals surface area contributed by atoms with Gasteiger partial charge in [0.2, 0.25) is 5.91 Å². The first-order valence-electron chi connectivity index (χ1n) is 6.13. The molecular weight excluding hydrogens is 238 g/mol. The molecule has 0 heterocycles. The second-order valence-corrected chi connectivity index (χ2v) is 4.54. The molecule has 18 heavy (non-hydrogen) atoms. The SMILES string of the molecule is O=C(CNC1CCCC1)Nc1ccc(F)c(F)c1. The fraction of sp³-hybridized carbons (Fsp3) is 0.462. The predicted octanol–water partition coefficient (Wildman–Crippen LogP) is 2.44. The molecule has 2 rings (SSSR count). The number of carbonyl (C=O) groups is 1. The first kappa shape index (κ1) is 13.0. The zero-order valence-electron chi connectivity index (χ0n) is 10.0. The average Bonchev–Trinajstić information content (AvgIpc) is 2.84. The van der Waals surface area contributed by atoms with Gasteiger partial charge >= 0.3 is 0 Å². The molecule has 0 spiro atoms. The Hall–Kier alpha value is -1.49. The Kier molecular flexibility index (Phi) is 4.25. The van der Waals surface area contributed by atoms with Crippen LogP contribution in [0.2, 0.25) is 0 Å². The summed E-state index contributed by atoms with van der Waals surface area (Å²) >= 11 is 0. The first-order chi connectivity index (χ1) is 8.65. The van der Waals surface area contributed by atoms with E-state index in [1.54, 1.807) is 0 Å². The Morgan fingerprint density at radius 1 is 1.22 bits per heavy atom. The van der Waals surface area contributed by atoms with E-state index in [2.05, 4.69) is 10.6 Å². The smallest absolute Gasteiger partial charge is 0.238 e. The molecule has 1 aromatic rings. The molecule has 1 amide bonds. The van der Waals surface area contributed by atoms with Gasteiger partial charge in [-0.2, -0.15) is 0 Å². The van der Waals surface area contributed by atoms with Gasteiger partial charge in [0.1, 0.15) is 0 Å². The van der Waals surface area contributed by atoms with Gasteiger partial charge in [-0.05, 0) is 25.0 Å². The summed E-state index contributed by atoms with van der Waals surface area (Å²) in [5.41, 5.74) is 0.270. The van der Waals surface area contributed by atoms with E-state index in [1.807, 2.05) is 0 Å². The molecule has 0 aliphatic heterocycles. The molecule has 1 saturated carbocycles. The lowest BCUT2D eigenvalue weighted by atomic mass is 10.2. The molecule has 0 aromatic heterocycles. The number of hydrogen-bond donors (Lipinski definition) is 2. The highest BCUT2D eigenvalue weighted by Crippen LogP contribution is 2.17. The van der Waals surface area contributed by atoms with Gasteiger partial charge in [-0.15, -0.1) is 0 Å². The fourth-order valence-corrected chi connectivity index (χ4v) is 2.15. The van der Waals surface area contributed by atoms with Gasteiger partial charge in [0, 0.05) is 17.8 Å². The molecule has 1 aliphatic rings. The van der Waals surface area contributed by atoms with Crippen LogP contribution in [0.3, 0.4) is 0 Å². The van der Waals surface area contributed by atoms with Crippen LogP contribution in [0.5, 0.6) is 0 Å². The van der Waals surface area contributed by atoms with Crippen LogP contribution in [0.15, 0.2) is 18.2 Å². The number of halogens is 2. The van der Waals surface area contributed by atoms with Gasteiger partial charge in [-0.1, -0.05) is 12.8 Å². The van der Waals surface area contributed by atoms with Crippen LogP contribution >= 0.6 is 0 Å². The van der Waals surface area contributed by atoms with Gasteiger partial charge in [-0.25, -0.2) is 8.78 Å². The Morgan fingerprint density at radius 2 is 1.94 bits per heavy atom. The topological polar surface area (TPSA) is 41.1 Å². The van der Waals surface area contributed by atoms with Gasteiger partial charge in [0.15, 0.2) is 11.6 Å². The molecule has 0 saturated heterocycles. The maximum atomic E-state index is 12.9. The Labute approximate surface area is 105 Å². The minimum absolute atomic E-state index is 0.198. The van der Waals surface area contributed by atoms with Crippen molar-refractivity contribution in [1.82, 2.24) is 5.32 Å². The zero-order chi connectivity index (χ0) is 13.0. The lowest BCUT2D eigenvalue weighted by molar-refractivity contribution is -0.115. The number of amides is 1. The fourth-order valence-electron chi connectivity index (χ4n) is 2.15. The van der Waals surface area contributed by atoms with E-state index in [1.165, 1.54) is 18.9 Å². The first-order valence-corrected chi connectivity index (χ1v) is 6.13. The van der Waals surface area contributed by atoms with Crippen LogP contribution in [0, 0.1) is 11.6 Å². The largest absolute Gasteiger partial charge is 0.325 e. The maximum absolute atomic E-state index is 12.9. The number of carbonyl (C=O) groups excluding carboxylic acids is 1. The predicted molar refractivity (Wildman–Crippen MR) is 65.2 cm³/mol. The monoisotopic (exact) mass is 254 g/mol. The molecule has 0 bridgehead atoms. The molecule has 5 heteroatoms. The normalized spacial score (nSPS) is 15.9. The lowest BCUT2D eigenvalue weighted by Crippen LogP contribution is -2.34.